The number of hydrogen-bond donors (Lipinski definition) is 1. The highest BCUT2D eigenvalue weighted by Crippen LogP contribution is 2.35. The van der Waals surface area contributed by atoms with Gasteiger partial charge in [0.2, 0.25) is 0 Å². The second-order valence-electron chi connectivity index (χ2n) is 5.15. The highest BCUT2D eigenvalue weighted by molar-refractivity contribution is 6.01. The van der Waals surface area contributed by atoms with Crippen LogP contribution in [0.25, 0.3) is 0 Å². The molecule has 0 aromatic heterocycles. The molecule has 0 bridgehead atoms. The standard InChI is InChI=1S/C18H18N2O2/c1-3-12-22-16-11-7-5-9-14(16)17-19-15-10-6-4-8-13(15)18(21)20(17)2/h3-11,17,19H,1,12H2,2H3/t17-/m1/s1. The zero-order valence-corrected chi connectivity index (χ0v) is 12.5. The van der Waals surface area contributed by atoms with Crippen LogP contribution in [0.5, 0.6) is 5.75 Å². The number of para-hydroxylation sites is 2. The number of anilines is 1. The van der Waals surface area contributed by atoms with Gasteiger partial charge in [-0.05, 0) is 18.2 Å². The Morgan fingerprint density at radius 1 is 1.23 bits per heavy atom. The van der Waals surface area contributed by atoms with Crippen LogP contribution >= 0.6 is 0 Å². The molecule has 112 valence electrons. The molecule has 1 N–H and O–H groups in total. The van der Waals surface area contributed by atoms with Gasteiger partial charge in [0.15, 0.2) is 0 Å². The van der Waals surface area contributed by atoms with Crippen LogP contribution in [0.4, 0.5) is 5.69 Å². The van der Waals surface area contributed by atoms with Crippen molar-refractivity contribution in [3.05, 3.63) is 72.3 Å². The fourth-order valence-electron chi connectivity index (χ4n) is 2.62. The van der Waals surface area contributed by atoms with E-state index in [9.17, 15) is 4.79 Å². The SMILES string of the molecule is C=CCOc1ccccc1[C@@H]1Nc2ccccc2C(=O)N1C. The van der Waals surface area contributed by atoms with Crippen LogP contribution < -0.4 is 10.1 Å². The normalized spacial score (nSPS) is 16.7. The topological polar surface area (TPSA) is 41.6 Å². The van der Waals surface area contributed by atoms with Crippen molar-refractivity contribution in [2.45, 2.75) is 6.17 Å². The van der Waals surface area contributed by atoms with Crippen molar-refractivity contribution < 1.29 is 9.53 Å². The molecule has 1 aliphatic heterocycles. The van der Waals surface area contributed by atoms with Gasteiger partial charge in [-0.25, -0.2) is 0 Å². The summed E-state index contributed by atoms with van der Waals surface area (Å²) < 4.78 is 5.72. The molecule has 0 radical (unpaired) electrons. The highest BCUT2D eigenvalue weighted by atomic mass is 16.5. The predicted octanol–water partition coefficient (Wildman–Crippen LogP) is 3.45. The zero-order chi connectivity index (χ0) is 15.5. The molecule has 1 aliphatic rings. The Morgan fingerprint density at radius 3 is 2.77 bits per heavy atom. The minimum absolute atomic E-state index is 0.00197. The summed E-state index contributed by atoms with van der Waals surface area (Å²) in [5, 5.41) is 3.41. The monoisotopic (exact) mass is 294 g/mol. The molecule has 0 spiro atoms. The molecule has 2 aromatic rings. The summed E-state index contributed by atoms with van der Waals surface area (Å²) in [6, 6.07) is 15.3. The fraction of sp³-hybridized carbons (Fsp3) is 0.167. The van der Waals surface area contributed by atoms with E-state index < -0.39 is 0 Å². The maximum absolute atomic E-state index is 12.6. The van der Waals surface area contributed by atoms with Gasteiger partial charge in [0.1, 0.15) is 18.5 Å². The summed E-state index contributed by atoms with van der Waals surface area (Å²) in [5.41, 5.74) is 2.45. The molecule has 1 atom stereocenters. The lowest BCUT2D eigenvalue weighted by Gasteiger charge is -2.36. The molecule has 0 saturated carbocycles. The Hall–Kier alpha value is -2.75. The van der Waals surface area contributed by atoms with Gasteiger partial charge in [-0.15, -0.1) is 0 Å². The largest absolute Gasteiger partial charge is 0.489 e. The molecular weight excluding hydrogens is 276 g/mol. The lowest BCUT2D eigenvalue weighted by molar-refractivity contribution is 0.0733. The van der Waals surface area contributed by atoms with Gasteiger partial charge in [0, 0.05) is 18.3 Å². The molecular formula is C18H18N2O2. The van der Waals surface area contributed by atoms with Gasteiger partial charge < -0.3 is 15.0 Å². The van der Waals surface area contributed by atoms with Crippen LogP contribution in [0.15, 0.2) is 61.2 Å². The van der Waals surface area contributed by atoms with E-state index >= 15 is 0 Å². The Bertz CT molecular complexity index is 712. The maximum Gasteiger partial charge on any atom is 0.257 e. The fourth-order valence-corrected chi connectivity index (χ4v) is 2.62. The van der Waals surface area contributed by atoms with E-state index in [4.69, 9.17) is 4.74 Å². The third kappa shape index (κ3) is 2.44. The Kier molecular flexibility index (Phi) is 3.83. The first-order chi connectivity index (χ1) is 10.7. The Labute approximate surface area is 130 Å². The first-order valence-electron chi connectivity index (χ1n) is 7.17. The van der Waals surface area contributed by atoms with Gasteiger partial charge in [-0.3, -0.25) is 4.79 Å². The van der Waals surface area contributed by atoms with Crippen molar-refractivity contribution in [2.24, 2.45) is 0 Å². The maximum atomic E-state index is 12.6. The average molecular weight is 294 g/mol. The third-order valence-corrected chi connectivity index (χ3v) is 3.73. The van der Waals surface area contributed by atoms with E-state index in [1.54, 1.807) is 18.0 Å². The summed E-state index contributed by atoms with van der Waals surface area (Å²) in [4.78, 5) is 14.2. The molecule has 0 fully saturated rings. The number of fused-ring (bicyclic) bond motifs is 1. The first kappa shape index (κ1) is 14.2. The van der Waals surface area contributed by atoms with E-state index in [1.165, 1.54) is 0 Å². The predicted molar refractivity (Wildman–Crippen MR) is 87.0 cm³/mol. The van der Waals surface area contributed by atoms with Gasteiger partial charge in [-0.1, -0.05) is 43.0 Å². The molecule has 2 aromatic carbocycles. The lowest BCUT2D eigenvalue weighted by atomic mass is 10.0. The molecule has 4 heteroatoms. The number of benzene rings is 2. The number of hydrogen-bond acceptors (Lipinski definition) is 3. The summed E-state index contributed by atoms with van der Waals surface area (Å²) in [6.07, 6.45) is 1.44. The lowest BCUT2D eigenvalue weighted by Crippen LogP contribution is -2.40. The van der Waals surface area contributed by atoms with Gasteiger partial charge in [0.05, 0.1) is 5.56 Å². The van der Waals surface area contributed by atoms with Crippen molar-refractivity contribution in [1.82, 2.24) is 4.90 Å². The number of amides is 1. The van der Waals surface area contributed by atoms with Crippen LogP contribution in [0, 0.1) is 0 Å². The minimum Gasteiger partial charge on any atom is -0.489 e. The molecule has 0 unspecified atom stereocenters. The number of carbonyl (C=O) groups is 1. The second-order valence-corrected chi connectivity index (χ2v) is 5.15. The molecule has 22 heavy (non-hydrogen) atoms. The smallest absolute Gasteiger partial charge is 0.257 e. The van der Waals surface area contributed by atoms with Crippen LogP contribution in [0.3, 0.4) is 0 Å². The number of nitrogens with zero attached hydrogens (tertiary/aromatic N) is 1. The van der Waals surface area contributed by atoms with Crippen molar-refractivity contribution in [3.8, 4) is 5.75 Å². The number of carbonyl (C=O) groups excluding carboxylic acids is 1. The van der Waals surface area contributed by atoms with Crippen molar-refractivity contribution in [1.29, 1.82) is 0 Å². The summed E-state index contributed by atoms with van der Waals surface area (Å²) >= 11 is 0. The van der Waals surface area contributed by atoms with Crippen LogP contribution in [-0.2, 0) is 0 Å². The Balaban J connectivity index is 1.99. The highest BCUT2D eigenvalue weighted by Gasteiger charge is 2.31. The molecule has 0 aliphatic carbocycles. The molecule has 1 amide bonds. The summed E-state index contributed by atoms with van der Waals surface area (Å²) in [5.74, 6) is 0.747. The first-order valence-corrected chi connectivity index (χ1v) is 7.17. The van der Waals surface area contributed by atoms with Crippen molar-refractivity contribution in [3.63, 3.8) is 0 Å². The number of rotatable bonds is 4. The van der Waals surface area contributed by atoms with Crippen molar-refractivity contribution >= 4 is 11.6 Å². The van der Waals surface area contributed by atoms with Crippen LogP contribution in [-0.4, -0.2) is 24.5 Å². The van der Waals surface area contributed by atoms with E-state index in [2.05, 4.69) is 11.9 Å². The summed E-state index contributed by atoms with van der Waals surface area (Å²) in [7, 11) is 1.79. The number of nitrogens with one attached hydrogen (secondary N) is 1. The summed E-state index contributed by atoms with van der Waals surface area (Å²) in [6.45, 7) is 4.10. The van der Waals surface area contributed by atoms with E-state index in [-0.39, 0.29) is 12.1 Å². The van der Waals surface area contributed by atoms with E-state index in [0.29, 0.717) is 12.2 Å². The molecule has 3 rings (SSSR count). The molecule has 0 saturated heterocycles. The minimum atomic E-state index is -0.261. The molecule has 1 heterocycles. The number of ether oxygens (including phenoxy) is 1. The zero-order valence-electron chi connectivity index (χ0n) is 12.5. The van der Waals surface area contributed by atoms with Gasteiger partial charge >= 0.3 is 0 Å². The van der Waals surface area contributed by atoms with Crippen LogP contribution in [0.1, 0.15) is 22.1 Å². The van der Waals surface area contributed by atoms with E-state index in [1.807, 2.05) is 48.5 Å². The third-order valence-electron chi connectivity index (χ3n) is 3.73. The van der Waals surface area contributed by atoms with Crippen molar-refractivity contribution in [2.75, 3.05) is 19.0 Å². The van der Waals surface area contributed by atoms with Gasteiger partial charge in [-0.2, -0.15) is 0 Å². The average Bonchev–Trinajstić information content (AvgIpc) is 2.56. The second kappa shape index (κ2) is 5.93. The Morgan fingerprint density at radius 2 is 1.95 bits per heavy atom. The van der Waals surface area contributed by atoms with Crippen LogP contribution in [0.2, 0.25) is 0 Å². The van der Waals surface area contributed by atoms with Gasteiger partial charge in [0.25, 0.3) is 5.91 Å². The quantitative estimate of drug-likeness (QED) is 0.878. The molecule has 4 nitrogen and oxygen atoms in total. The van der Waals surface area contributed by atoms with E-state index in [0.717, 1.165) is 17.0 Å².